The fourth-order valence-corrected chi connectivity index (χ4v) is 6.30. The van der Waals surface area contributed by atoms with Crippen LogP contribution in [0.4, 0.5) is 4.39 Å². The SMILES string of the molecule is CC(C)(N)C(=O)N[C@H](CCC1CCCCC1)C(=O)N1CCCC2(C1)C(=O)NCC2c1ccc(F)cc1.[HH]. The maximum atomic E-state index is 13.9. The van der Waals surface area contributed by atoms with Crippen molar-refractivity contribution >= 4 is 17.7 Å². The van der Waals surface area contributed by atoms with Gasteiger partial charge in [-0.15, -0.1) is 0 Å². The highest BCUT2D eigenvalue weighted by Crippen LogP contribution is 2.46. The molecule has 1 aliphatic carbocycles. The van der Waals surface area contributed by atoms with E-state index in [2.05, 4.69) is 10.6 Å². The molecule has 2 aliphatic heterocycles. The first-order chi connectivity index (χ1) is 17.1. The Balaban J connectivity index is 0.00000380. The number of halogens is 1. The number of piperidine rings is 1. The lowest BCUT2D eigenvalue weighted by molar-refractivity contribution is -0.143. The zero-order valence-electron chi connectivity index (χ0n) is 21.7. The van der Waals surface area contributed by atoms with Crippen molar-refractivity contribution in [3.63, 3.8) is 0 Å². The summed E-state index contributed by atoms with van der Waals surface area (Å²) in [6.45, 7) is 4.58. The van der Waals surface area contributed by atoms with Crippen LogP contribution in [0.25, 0.3) is 0 Å². The van der Waals surface area contributed by atoms with Gasteiger partial charge in [-0.05, 0) is 63.1 Å². The van der Waals surface area contributed by atoms with E-state index in [0.29, 0.717) is 44.8 Å². The number of benzene rings is 1. The lowest BCUT2D eigenvalue weighted by atomic mass is 9.69. The minimum Gasteiger partial charge on any atom is -0.355 e. The normalized spacial score (nSPS) is 26.1. The van der Waals surface area contributed by atoms with E-state index in [1.54, 1.807) is 30.9 Å². The third-order valence-electron chi connectivity index (χ3n) is 8.47. The first kappa shape index (κ1) is 26.6. The molecule has 4 rings (SSSR count). The molecule has 0 aromatic heterocycles. The van der Waals surface area contributed by atoms with Gasteiger partial charge in [0.05, 0.1) is 11.0 Å². The Bertz CT molecular complexity index is 961. The van der Waals surface area contributed by atoms with E-state index in [4.69, 9.17) is 5.73 Å². The molecule has 2 saturated heterocycles. The number of amides is 3. The average Bonchev–Trinajstić information content (AvgIpc) is 3.16. The minimum atomic E-state index is -1.09. The largest absolute Gasteiger partial charge is 0.355 e. The first-order valence-electron chi connectivity index (χ1n) is 13.5. The molecule has 0 radical (unpaired) electrons. The van der Waals surface area contributed by atoms with Crippen molar-refractivity contribution in [3.05, 3.63) is 35.6 Å². The predicted molar refractivity (Wildman–Crippen MR) is 139 cm³/mol. The lowest BCUT2D eigenvalue weighted by Crippen LogP contribution is -2.59. The van der Waals surface area contributed by atoms with Gasteiger partial charge in [-0.3, -0.25) is 14.4 Å². The predicted octanol–water partition coefficient (Wildman–Crippen LogP) is 3.48. The van der Waals surface area contributed by atoms with Crippen LogP contribution in [-0.4, -0.2) is 53.8 Å². The number of likely N-dealkylation sites (tertiary alicyclic amines) is 1. The smallest absolute Gasteiger partial charge is 0.245 e. The van der Waals surface area contributed by atoms with Gasteiger partial charge in [-0.2, -0.15) is 0 Å². The topological polar surface area (TPSA) is 105 Å². The van der Waals surface area contributed by atoms with Crippen molar-refractivity contribution in [2.75, 3.05) is 19.6 Å². The summed E-state index contributed by atoms with van der Waals surface area (Å²) in [4.78, 5) is 41.6. The van der Waals surface area contributed by atoms with Gasteiger partial charge in [0, 0.05) is 27.0 Å². The first-order valence-corrected chi connectivity index (χ1v) is 13.5. The van der Waals surface area contributed by atoms with Crippen LogP contribution in [0.1, 0.15) is 84.5 Å². The summed E-state index contributed by atoms with van der Waals surface area (Å²) in [5, 5.41) is 5.93. The molecule has 200 valence electrons. The third-order valence-corrected chi connectivity index (χ3v) is 8.47. The molecule has 7 nitrogen and oxygen atoms in total. The molecule has 3 amide bonds. The van der Waals surface area contributed by atoms with E-state index in [0.717, 1.165) is 12.0 Å². The van der Waals surface area contributed by atoms with E-state index in [1.165, 1.54) is 44.2 Å². The maximum absolute atomic E-state index is 13.9. The molecule has 2 heterocycles. The fraction of sp³-hybridized carbons (Fsp3) is 0.679. The van der Waals surface area contributed by atoms with Crippen molar-refractivity contribution in [2.24, 2.45) is 17.1 Å². The van der Waals surface area contributed by atoms with Crippen LogP contribution in [0.3, 0.4) is 0 Å². The monoisotopic (exact) mass is 502 g/mol. The number of carbonyl (C=O) groups is 3. The molecule has 1 aromatic carbocycles. The zero-order chi connectivity index (χ0) is 25.9. The molecule has 2 unspecified atom stereocenters. The molecule has 3 atom stereocenters. The van der Waals surface area contributed by atoms with Gasteiger partial charge in [0.25, 0.3) is 0 Å². The Hall–Kier alpha value is -2.48. The minimum absolute atomic E-state index is 0. The molecule has 3 fully saturated rings. The van der Waals surface area contributed by atoms with E-state index in [9.17, 15) is 18.8 Å². The standard InChI is InChI=1S/C28H41FN4O3.H2/c1-27(2,30)25(35)32-23(14-9-19-7-4-3-5-8-19)24(34)33-16-6-15-28(18-33)22(17-31-26(28)36)20-10-12-21(29)13-11-20;/h10-13,19,22-23H,3-9,14-18,30H2,1-2H3,(H,31,36)(H,32,35);1H/t22?,23-,28?;/m1./s1. The number of hydrogen-bond donors (Lipinski definition) is 3. The van der Waals surface area contributed by atoms with Crippen LogP contribution in [0.5, 0.6) is 0 Å². The Labute approximate surface area is 215 Å². The second kappa shape index (κ2) is 10.9. The Morgan fingerprint density at radius 3 is 2.58 bits per heavy atom. The Morgan fingerprint density at radius 1 is 1.22 bits per heavy atom. The molecular formula is C28H43FN4O3. The third kappa shape index (κ3) is 5.74. The van der Waals surface area contributed by atoms with E-state index in [1.807, 2.05) is 0 Å². The van der Waals surface area contributed by atoms with Crippen LogP contribution < -0.4 is 16.4 Å². The molecule has 1 spiro atoms. The highest BCUT2D eigenvalue weighted by molar-refractivity contribution is 5.92. The van der Waals surface area contributed by atoms with Crippen molar-refractivity contribution in [2.45, 2.75) is 89.1 Å². The van der Waals surface area contributed by atoms with Crippen molar-refractivity contribution in [1.29, 1.82) is 0 Å². The summed E-state index contributed by atoms with van der Waals surface area (Å²) in [6.07, 6.45) is 8.88. The number of nitrogens with one attached hydrogen (secondary N) is 2. The Morgan fingerprint density at radius 2 is 1.92 bits per heavy atom. The fourth-order valence-electron chi connectivity index (χ4n) is 6.30. The van der Waals surface area contributed by atoms with E-state index < -0.39 is 17.0 Å². The second-order valence-electron chi connectivity index (χ2n) is 11.7. The molecule has 4 N–H and O–H groups in total. The van der Waals surface area contributed by atoms with Crippen molar-refractivity contribution in [3.8, 4) is 0 Å². The van der Waals surface area contributed by atoms with Crippen molar-refractivity contribution < 1.29 is 20.2 Å². The van der Waals surface area contributed by atoms with Crippen LogP contribution >= 0.6 is 0 Å². The van der Waals surface area contributed by atoms with Crippen LogP contribution in [-0.2, 0) is 14.4 Å². The molecule has 36 heavy (non-hydrogen) atoms. The van der Waals surface area contributed by atoms with Crippen molar-refractivity contribution in [1.82, 2.24) is 15.5 Å². The van der Waals surface area contributed by atoms with Gasteiger partial charge < -0.3 is 21.3 Å². The molecule has 8 heteroatoms. The molecular weight excluding hydrogens is 459 g/mol. The van der Waals surface area contributed by atoms with Gasteiger partial charge in [-0.1, -0.05) is 44.2 Å². The number of nitrogens with two attached hydrogens (primary N) is 1. The highest BCUT2D eigenvalue weighted by atomic mass is 19.1. The van der Waals surface area contributed by atoms with Gasteiger partial charge >= 0.3 is 0 Å². The van der Waals surface area contributed by atoms with E-state index in [-0.39, 0.29) is 30.9 Å². The summed E-state index contributed by atoms with van der Waals surface area (Å²) >= 11 is 0. The average molecular weight is 503 g/mol. The highest BCUT2D eigenvalue weighted by Gasteiger charge is 2.53. The quantitative estimate of drug-likeness (QED) is 0.531. The zero-order valence-corrected chi connectivity index (χ0v) is 21.7. The molecule has 1 saturated carbocycles. The number of nitrogens with zero attached hydrogens (tertiary/aromatic N) is 1. The van der Waals surface area contributed by atoms with Crippen LogP contribution in [0.2, 0.25) is 0 Å². The maximum Gasteiger partial charge on any atom is 0.245 e. The summed E-state index contributed by atoms with van der Waals surface area (Å²) in [5.74, 6) is -0.420. The Kier molecular flexibility index (Phi) is 8.03. The summed E-state index contributed by atoms with van der Waals surface area (Å²) < 4.78 is 13.6. The summed E-state index contributed by atoms with van der Waals surface area (Å²) in [5.41, 5.74) is 5.09. The number of hydrogen-bond acceptors (Lipinski definition) is 4. The summed E-state index contributed by atoms with van der Waals surface area (Å²) in [7, 11) is 0. The molecule has 1 aromatic rings. The summed E-state index contributed by atoms with van der Waals surface area (Å²) in [6, 6.07) is 5.65. The van der Waals surface area contributed by atoms with Crippen LogP contribution in [0.15, 0.2) is 24.3 Å². The van der Waals surface area contributed by atoms with Gasteiger partial charge in [-0.25, -0.2) is 4.39 Å². The second-order valence-corrected chi connectivity index (χ2v) is 11.7. The lowest BCUT2D eigenvalue weighted by Gasteiger charge is -2.43. The van der Waals surface area contributed by atoms with Gasteiger partial charge in [0.2, 0.25) is 17.7 Å². The van der Waals surface area contributed by atoms with E-state index >= 15 is 0 Å². The molecule has 3 aliphatic rings. The number of carbonyl (C=O) groups excluding carboxylic acids is 3. The van der Waals surface area contributed by atoms with Gasteiger partial charge in [0.1, 0.15) is 11.9 Å². The van der Waals surface area contributed by atoms with Gasteiger partial charge in [0.15, 0.2) is 0 Å². The molecule has 0 bridgehead atoms. The van der Waals surface area contributed by atoms with Crippen LogP contribution in [0, 0.1) is 17.2 Å². The number of rotatable bonds is 7.